The molecule has 0 saturated carbocycles. The number of aromatic amines is 1. The molecule has 12 heavy (non-hydrogen) atoms. The lowest BCUT2D eigenvalue weighted by molar-refractivity contribution is 1.17. The molecule has 0 aliphatic carbocycles. The topological polar surface area (TPSA) is 45.8 Å². The Labute approximate surface area is 74.9 Å². The quantitative estimate of drug-likeness (QED) is 0.669. The molecular weight excluding hydrogens is 176 g/mol. The smallest absolute Gasteiger partial charge is 0.258 e. The van der Waals surface area contributed by atoms with Crippen molar-refractivity contribution in [1.29, 1.82) is 0 Å². The highest BCUT2D eigenvalue weighted by Crippen LogP contribution is 2.02. The Balaban J connectivity index is 0.000000720. The van der Waals surface area contributed by atoms with Crippen molar-refractivity contribution in [3.05, 3.63) is 40.9 Å². The molecule has 3 nitrogen and oxygen atoms in total. The number of nitrogens with zero attached hydrogens (tertiary/aromatic N) is 1. The summed E-state index contributed by atoms with van der Waals surface area (Å²) in [5, 5.41) is 0.634. The fraction of sp³-hybridized carbons (Fsp3) is 0. The highest BCUT2D eigenvalue weighted by atomic mass is 35.5. The average molecular weight is 183 g/mol. The fourth-order valence-electron chi connectivity index (χ4n) is 1.02. The van der Waals surface area contributed by atoms with Crippen LogP contribution in [0.5, 0.6) is 0 Å². The largest absolute Gasteiger partial charge is 0.313 e. The van der Waals surface area contributed by atoms with E-state index in [1.807, 2.05) is 18.2 Å². The van der Waals surface area contributed by atoms with E-state index in [2.05, 4.69) is 9.97 Å². The number of hydrogen-bond acceptors (Lipinski definition) is 2. The molecule has 0 spiro atoms. The Morgan fingerprint density at radius 2 is 2.00 bits per heavy atom. The minimum Gasteiger partial charge on any atom is -0.313 e. The Bertz CT molecular complexity index is 433. The maximum Gasteiger partial charge on any atom is 0.258 e. The number of para-hydroxylation sites is 1. The Kier molecular flexibility index (Phi) is 2.45. The molecule has 4 heteroatoms. The van der Waals surface area contributed by atoms with E-state index < -0.39 is 0 Å². The molecule has 1 heterocycles. The van der Waals surface area contributed by atoms with Crippen LogP contribution in [0.2, 0.25) is 0 Å². The maximum atomic E-state index is 11.1. The van der Waals surface area contributed by atoms with Gasteiger partial charge in [-0.15, -0.1) is 12.4 Å². The van der Waals surface area contributed by atoms with Crippen LogP contribution in [-0.2, 0) is 0 Å². The van der Waals surface area contributed by atoms with E-state index in [0.29, 0.717) is 5.39 Å². The molecular formula is C8H7ClN2O. The number of fused-ring (bicyclic) bond motifs is 1. The van der Waals surface area contributed by atoms with Crippen molar-refractivity contribution in [1.82, 2.24) is 9.97 Å². The van der Waals surface area contributed by atoms with Gasteiger partial charge in [0.25, 0.3) is 5.56 Å². The van der Waals surface area contributed by atoms with Gasteiger partial charge in [-0.05, 0) is 12.1 Å². The molecule has 0 bridgehead atoms. The summed E-state index contributed by atoms with van der Waals surface area (Å²) in [7, 11) is 0. The standard InChI is InChI=1S/C8H6N2O.ClH/c11-8-6-3-1-2-4-7(6)9-5-10-8;/h1-5H,(H,9,10,11);1H. The Morgan fingerprint density at radius 1 is 1.25 bits per heavy atom. The van der Waals surface area contributed by atoms with Gasteiger partial charge in [0.05, 0.1) is 17.2 Å². The van der Waals surface area contributed by atoms with Gasteiger partial charge in [-0.2, -0.15) is 0 Å². The predicted molar refractivity (Wildman–Crippen MR) is 49.6 cm³/mol. The van der Waals surface area contributed by atoms with Crippen LogP contribution in [0, 0.1) is 0 Å². The van der Waals surface area contributed by atoms with Gasteiger partial charge in [-0.1, -0.05) is 12.1 Å². The summed E-state index contributed by atoms with van der Waals surface area (Å²) in [5.74, 6) is 0. The first kappa shape index (κ1) is 8.74. The van der Waals surface area contributed by atoms with Gasteiger partial charge in [-0.3, -0.25) is 4.79 Å². The summed E-state index contributed by atoms with van der Waals surface area (Å²) in [5.41, 5.74) is 0.645. The number of halogens is 1. The molecule has 0 unspecified atom stereocenters. The molecule has 0 aliphatic rings. The van der Waals surface area contributed by atoms with Crippen molar-refractivity contribution in [3.63, 3.8) is 0 Å². The van der Waals surface area contributed by atoms with Crippen molar-refractivity contribution < 1.29 is 0 Å². The minimum atomic E-state index is -0.0874. The second-order valence-corrected chi connectivity index (χ2v) is 2.25. The van der Waals surface area contributed by atoms with Crippen LogP contribution in [0.1, 0.15) is 0 Å². The molecule has 0 saturated heterocycles. The molecule has 1 N–H and O–H groups in total. The summed E-state index contributed by atoms with van der Waals surface area (Å²) in [4.78, 5) is 17.6. The van der Waals surface area contributed by atoms with Crippen LogP contribution in [0.25, 0.3) is 10.9 Å². The summed E-state index contributed by atoms with van der Waals surface area (Å²) < 4.78 is 0. The van der Waals surface area contributed by atoms with Gasteiger partial charge >= 0.3 is 0 Å². The molecule has 0 fully saturated rings. The first-order chi connectivity index (χ1) is 5.38. The molecule has 1 aromatic carbocycles. The van der Waals surface area contributed by atoms with E-state index in [9.17, 15) is 4.79 Å². The van der Waals surface area contributed by atoms with Crippen molar-refractivity contribution >= 4 is 23.3 Å². The maximum absolute atomic E-state index is 11.1. The third-order valence-electron chi connectivity index (χ3n) is 1.55. The van der Waals surface area contributed by atoms with Gasteiger partial charge in [0.15, 0.2) is 0 Å². The Morgan fingerprint density at radius 3 is 2.75 bits per heavy atom. The van der Waals surface area contributed by atoms with E-state index in [4.69, 9.17) is 0 Å². The van der Waals surface area contributed by atoms with Gasteiger partial charge < -0.3 is 4.98 Å². The highest BCUT2D eigenvalue weighted by molar-refractivity contribution is 5.85. The zero-order valence-corrected chi connectivity index (χ0v) is 6.97. The molecule has 2 rings (SSSR count). The minimum absolute atomic E-state index is 0. The van der Waals surface area contributed by atoms with Gasteiger partial charge in [-0.25, -0.2) is 4.98 Å². The van der Waals surface area contributed by atoms with E-state index in [-0.39, 0.29) is 18.0 Å². The molecule has 0 radical (unpaired) electrons. The summed E-state index contributed by atoms with van der Waals surface area (Å²) in [6.45, 7) is 0. The van der Waals surface area contributed by atoms with Crippen LogP contribution < -0.4 is 5.56 Å². The zero-order valence-electron chi connectivity index (χ0n) is 6.15. The molecule has 1 aromatic heterocycles. The van der Waals surface area contributed by atoms with Crippen LogP contribution in [0.3, 0.4) is 0 Å². The van der Waals surface area contributed by atoms with Crippen molar-refractivity contribution in [2.45, 2.75) is 0 Å². The lowest BCUT2D eigenvalue weighted by Gasteiger charge is -1.91. The van der Waals surface area contributed by atoms with E-state index >= 15 is 0 Å². The van der Waals surface area contributed by atoms with Crippen LogP contribution >= 0.6 is 12.4 Å². The second kappa shape index (κ2) is 3.36. The summed E-state index contributed by atoms with van der Waals surface area (Å²) >= 11 is 0. The van der Waals surface area contributed by atoms with Crippen molar-refractivity contribution in [3.8, 4) is 0 Å². The molecule has 0 amide bonds. The van der Waals surface area contributed by atoms with Crippen LogP contribution in [0.4, 0.5) is 0 Å². The summed E-state index contributed by atoms with van der Waals surface area (Å²) in [6, 6.07) is 7.24. The van der Waals surface area contributed by atoms with Crippen LogP contribution in [-0.4, -0.2) is 9.97 Å². The third-order valence-corrected chi connectivity index (χ3v) is 1.55. The fourth-order valence-corrected chi connectivity index (χ4v) is 1.02. The van der Waals surface area contributed by atoms with E-state index in [1.165, 1.54) is 6.33 Å². The zero-order chi connectivity index (χ0) is 7.68. The summed E-state index contributed by atoms with van der Waals surface area (Å²) in [6.07, 6.45) is 1.41. The molecule has 0 atom stereocenters. The molecule has 2 aromatic rings. The Hall–Kier alpha value is -1.35. The second-order valence-electron chi connectivity index (χ2n) is 2.25. The van der Waals surface area contributed by atoms with Crippen molar-refractivity contribution in [2.75, 3.05) is 0 Å². The van der Waals surface area contributed by atoms with Gasteiger partial charge in [0.2, 0.25) is 0 Å². The SMILES string of the molecule is Cl.O=c1[nH]cnc2ccccc12. The lowest BCUT2D eigenvalue weighted by Crippen LogP contribution is -2.05. The van der Waals surface area contributed by atoms with Gasteiger partial charge in [0, 0.05) is 0 Å². The number of aromatic nitrogens is 2. The van der Waals surface area contributed by atoms with Crippen molar-refractivity contribution in [2.24, 2.45) is 0 Å². The number of rotatable bonds is 0. The van der Waals surface area contributed by atoms with Crippen LogP contribution in [0.15, 0.2) is 35.4 Å². The highest BCUT2D eigenvalue weighted by Gasteiger charge is 1.94. The first-order valence-corrected chi connectivity index (χ1v) is 3.30. The monoisotopic (exact) mass is 182 g/mol. The van der Waals surface area contributed by atoms with E-state index in [0.717, 1.165) is 5.52 Å². The molecule has 0 aliphatic heterocycles. The first-order valence-electron chi connectivity index (χ1n) is 3.30. The number of benzene rings is 1. The number of nitrogens with one attached hydrogen (secondary N) is 1. The lowest BCUT2D eigenvalue weighted by atomic mass is 10.2. The average Bonchev–Trinajstić information content (AvgIpc) is 2.06. The normalized spacial score (nSPS) is 9.33. The van der Waals surface area contributed by atoms with Gasteiger partial charge in [0.1, 0.15) is 0 Å². The third kappa shape index (κ3) is 1.31. The number of hydrogen-bond donors (Lipinski definition) is 1. The van der Waals surface area contributed by atoms with E-state index in [1.54, 1.807) is 6.07 Å². The number of H-pyrrole nitrogens is 1. The molecule has 62 valence electrons. The predicted octanol–water partition coefficient (Wildman–Crippen LogP) is 1.34.